The summed E-state index contributed by atoms with van der Waals surface area (Å²) in [6, 6.07) is 11.8. The fourth-order valence-electron chi connectivity index (χ4n) is 4.70. The number of carbonyl (C=O) groups is 1. The second kappa shape index (κ2) is 9.40. The number of fused-ring (bicyclic) bond motifs is 1. The lowest BCUT2D eigenvalue weighted by Crippen LogP contribution is -2.27. The minimum Gasteiger partial charge on any atom is -0.508 e. The van der Waals surface area contributed by atoms with Crippen LogP contribution >= 0.6 is 0 Å². The maximum absolute atomic E-state index is 11.2. The van der Waals surface area contributed by atoms with Crippen LogP contribution in [0.4, 0.5) is 5.82 Å². The van der Waals surface area contributed by atoms with Crippen molar-refractivity contribution in [3.63, 3.8) is 0 Å². The number of nitrogens with one attached hydrogen (secondary N) is 1. The molecular formula is C24H31N3O2. The molecule has 0 radical (unpaired) electrons. The number of aromatic nitrogens is 1. The molecular weight excluding hydrogens is 362 g/mol. The smallest absolute Gasteiger partial charge is 0.129 e. The predicted octanol–water partition coefficient (Wildman–Crippen LogP) is 3.77. The van der Waals surface area contributed by atoms with E-state index >= 15 is 0 Å². The van der Waals surface area contributed by atoms with Crippen molar-refractivity contribution in [2.45, 2.75) is 44.4 Å². The monoisotopic (exact) mass is 393 g/mol. The van der Waals surface area contributed by atoms with Crippen LogP contribution in [0.1, 0.15) is 48.4 Å². The highest BCUT2D eigenvalue weighted by Gasteiger charge is 2.25. The molecule has 1 aromatic heterocycles. The molecule has 1 saturated heterocycles. The number of benzene rings is 1. The van der Waals surface area contributed by atoms with Crippen molar-refractivity contribution >= 4 is 12.1 Å². The van der Waals surface area contributed by atoms with Crippen molar-refractivity contribution in [2.24, 2.45) is 5.92 Å². The van der Waals surface area contributed by atoms with Gasteiger partial charge in [0.2, 0.25) is 0 Å². The van der Waals surface area contributed by atoms with Crippen molar-refractivity contribution in [1.29, 1.82) is 0 Å². The van der Waals surface area contributed by atoms with E-state index < -0.39 is 0 Å². The van der Waals surface area contributed by atoms with E-state index in [1.165, 1.54) is 24.1 Å². The number of rotatable bonds is 8. The molecule has 2 aliphatic rings. The van der Waals surface area contributed by atoms with Gasteiger partial charge >= 0.3 is 0 Å². The zero-order chi connectivity index (χ0) is 20.1. The minimum atomic E-state index is 0.145. The Kier molecular flexibility index (Phi) is 6.45. The van der Waals surface area contributed by atoms with Crippen molar-refractivity contribution < 1.29 is 9.90 Å². The lowest BCUT2D eigenvalue weighted by molar-refractivity contribution is -0.108. The largest absolute Gasteiger partial charge is 0.508 e. The molecule has 154 valence electrons. The summed E-state index contributed by atoms with van der Waals surface area (Å²) in [6.07, 6.45) is 7.21. The molecule has 0 aliphatic carbocycles. The number of phenolic OH excluding ortho intramolecular Hbond substituents is 1. The average Bonchev–Trinajstić information content (AvgIpc) is 3.19. The van der Waals surface area contributed by atoms with Gasteiger partial charge in [0.25, 0.3) is 0 Å². The summed E-state index contributed by atoms with van der Waals surface area (Å²) in [6.45, 7) is 4.07. The number of phenols is 1. The predicted molar refractivity (Wildman–Crippen MR) is 115 cm³/mol. The first-order valence-corrected chi connectivity index (χ1v) is 10.9. The summed E-state index contributed by atoms with van der Waals surface area (Å²) in [7, 11) is 0. The fourth-order valence-corrected chi connectivity index (χ4v) is 4.70. The Labute approximate surface area is 173 Å². The van der Waals surface area contributed by atoms with Crippen molar-refractivity contribution in [3.05, 3.63) is 53.2 Å². The van der Waals surface area contributed by atoms with Crippen LogP contribution in [0, 0.1) is 5.92 Å². The van der Waals surface area contributed by atoms with Crippen molar-refractivity contribution in [1.82, 2.24) is 9.88 Å². The van der Waals surface area contributed by atoms with Gasteiger partial charge in [-0.15, -0.1) is 0 Å². The second-order valence-electron chi connectivity index (χ2n) is 8.49. The first kappa shape index (κ1) is 19.9. The standard InChI is InChI=1S/C24H31N3O2/c28-14-11-21(20-3-1-5-23(29)15-20)17-27-13-10-18(16-27)6-8-22-9-7-19-4-2-12-25-24(19)26-22/h1,3,5,7,9,14-15,18,21,29H,2,4,6,8,10-13,16-17H2,(H,25,26). The number of aromatic hydroxyl groups is 1. The van der Waals surface area contributed by atoms with Crippen LogP contribution in [0.3, 0.4) is 0 Å². The van der Waals surface area contributed by atoms with Crippen LogP contribution in [-0.4, -0.2) is 47.5 Å². The van der Waals surface area contributed by atoms with Gasteiger partial charge in [0, 0.05) is 37.7 Å². The summed E-state index contributed by atoms with van der Waals surface area (Å²) in [5, 5.41) is 13.2. The lowest BCUT2D eigenvalue weighted by atomic mass is 9.95. The molecule has 0 bridgehead atoms. The Hall–Kier alpha value is -2.40. The van der Waals surface area contributed by atoms with Gasteiger partial charge in [-0.05, 0) is 73.9 Å². The third-order valence-corrected chi connectivity index (χ3v) is 6.33. The topological polar surface area (TPSA) is 65.5 Å². The maximum atomic E-state index is 11.2. The molecule has 4 rings (SSSR count). The highest BCUT2D eigenvalue weighted by Crippen LogP contribution is 2.28. The van der Waals surface area contributed by atoms with Gasteiger partial charge in [0.05, 0.1) is 0 Å². The normalized spacial score (nSPS) is 20.1. The first-order chi connectivity index (χ1) is 14.2. The van der Waals surface area contributed by atoms with Crippen LogP contribution in [0.25, 0.3) is 0 Å². The highest BCUT2D eigenvalue weighted by molar-refractivity contribution is 5.52. The SMILES string of the molecule is O=CCC(CN1CCC(CCc2ccc3c(n2)NCCC3)C1)c1cccc(O)c1. The summed E-state index contributed by atoms with van der Waals surface area (Å²) in [5.74, 6) is 2.18. The summed E-state index contributed by atoms with van der Waals surface area (Å²) < 4.78 is 0. The number of aldehydes is 1. The Morgan fingerprint density at radius 3 is 3.10 bits per heavy atom. The van der Waals surface area contributed by atoms with E-state index in [2.05, 4.69) is 22.3 Å². The molecule has 0 saturated carbocycles. The zero-order valence-electron chi connectivity index (χ0n) is 17.0. The van der Waals surface area contributed by atoms with Crippen LogP contribution in [0.5, 0.6) is 5.75 Å². The number of carbonyl (C=O) groups excluding carboxylic acids is 1. The fraction of sp³-hybridized carbons (Fsp3) is 0.500. The maximum Gasteiger partial charge on any atom is 0.129 e. The third-order valence-electron chi connectivity index (χ3n) is 6.33. The number of aryl methyl sites for hydroxylation is 2. The molecule has 2 aromatic rings. The molecule has 1 fully saturated rings. The molecule has 2 unspecified atom stereocenters. The Balaban J connectivity index is 1.30. The number of hydrogen-bond donors (Lipinski definition) is 2. The molecule has 5 heteroatoms. The van der Waals surface area contributed by atoms with Crippen molar-refractivity contribution in [3.8, 4) is 5.75 Å². The van der Waals surface area contributed by atoms with Crippen LogP contribution in [0.2, 0.25) is 0 Å². The molecule has 0 amide bonds. The van der Waals surface area contributed by atoms with E-state index in [4.69, 9.17) is 4.98 Å². The van der Waals surface area contributed by atoms with E-state index in [0.29, 0.717) is 12.3 Å². The summed E-state index contributed by atoms with van der Waals surface area (Å²) in [4.78, 5) is 18.5. The van der Waals surface area contributed by atoms with Gasteiger partial charge in [-0.3, -0.25) is 0 Å². The van der Waals surface area contributed by atoms with Gasteiger partial charge in [0.1, 0.15) is 17.9 Å². The average molecular weight is 394 g/mol. The molecule has 1 aromatic carbocycles. The van der Waals surface area contributed by atoms with Gasteiger partial charge in [-0.1, -0.05) is 18.2 Å². The highest BCUT2D eigenvalue weighted by atomic mass is 16.3. The van der Waals surface area contributed by atoms with E-state index in [1.807, 2.05) is 12.1 Å². The van der Waals surface area contributed by atoms with Gasteiger partial charge in [0.15, 0.2) is 0 Å². The van der Waals surface area contributed by atoms with Gasteiger partial charge < -0.3 is 20.1 Å². The summed E-state index contributed by atoms with van der Waals surface area (Å²) >= 11 is 0. The van der Waals surface area contributed by atoms with Crippen LogP contribution < -0.4 is 5.32 Å². The van der Waals surface area contributed by atoms with E-state index in [-0.39, 0.29) is 11.7 Å². The van der Waals surface area contributed by atoms with E-state index in [1.54, 1.807) is 12.1 Å². The molecule has 5 nitrogen and oxygen atoms in total. The Morgan fingerprint density at radius 1 is 1.31 bits per heavy atom. The number of hydrogen-bond acceptors (Lipinski definition) is 5. The van der Waals surface area contributed by atoms with Crippen LogP contribution in [-0.2, 0) is 17.6 Å². The third kappa shape index (κ3) is 5.15. The van der Waals surface area contributed by atoms with Crippen LogP contribution in [0.15, 0.2) is 36.4 Å². The summed E-state index contributed by atoms with van der Waals surface area (Å²) in [5.41, 5.74) is 3.58. The molecule has 3 heterocycles. The van der Waals surface area contributed by atoms with Gasteiger partial charge in [-0.2, -0.15) is 0 Å². The number of anilines is 1. The van der Waals surface area contributed by atoms with E-state index in [0.717, 1.165) is 63.1 Å². The van der Waals surface area contributed by atoms with Gasteiger partial charge in [-0.25, -0.2) is 4.98 Å². The Morgan fingerprint density at radius 2 is 2.24 bits per heavy atom. The Bertz CT molecular complexity index is 839. The molecule has 0 spiro atoms. The quantitative estimate of drug-likeness (QED) is 0.669. The lowest BCUT2D eigenvalue weighted by Gasteiger charge is -2.23. The minimum absolute atomic E-state index is 0.145. The molecule has 2 N–H and O–H groups in total. The molecule has 2 atom stereocenters. The number of pyridine rings is 1. The number of nitrogens with zero attached hydrogens (tertiary/aromatic N) is 2. The first-order valence-electron chi connectivity index (χ1n) is 10.9. The second-order valence-corrected chi connectivity index (χ2v) is 8.49. The van der Waals surface area contributed by atoms with Crippen molar-refractivity contribution in [2.75, 3.05) is 31.5 Å². The van der Waals surface area contributed by atoms with E-state index in [9.17, 15) is 9.90 Å². The zero-order valence-corrected chi connectivity index (χ0v) is 17.0. The molecule has 29 heavy (non-hydrogen) atoms. The molecule has 2 aliphatic heterocycles. The number of likely N-dealkylation sites (tertiary alicyclic amines) is 1.